The molecule has 1 aliphatic rings. The summed E-state index contributed by atoms with van der Waals surface area (Å²) in [5.74, 6) is 0. The number of nitrogens with zero attached hydrogens (tertiary/aromatic N) is 3. The van der Waals surface area contributed by atoms with Crippen LogP contribution in [0.5, 0.6) is 0 Å². The van der Waals surface area contributed by atoms with Crippen LogP contribution in [-0.2, 0) is 0 Å². The van der Waals surface area contributed by atoms with Crippen molar-refractivity contribution in [2.45, 2.75) is 18.9 Å². The molecule has 0 radical (unpaired) electrons. The average Bonchev–Trinajstić information content (AvgIpc) is 2.56. The second-order valence-corrected chi connectivity index (χ2v) is 5.36. The quantitative estimate of drug-likeness (QED) is 0.922. The fourth-order valence-electron chi connectivity index (χ4n) is 2.83. The number of likely N-dealkylation sites (tertiary alicyclic amines) is 1. The molecule has 0 spiro atoms. The number of carboxylic acid groups (broad SMARTS) is 1. The summed E-state index contributed by atoms with van der Waals surface area (Å²) in [4.78, 5) is 25.0. The molecule has 1 aromatic heterocycles. The van der Waals surface area contributed by atoms with Gasteiger partial charge in [-0.05, 0) is 24.5 Å². The predicted octanol–water partition coefficient (Wildman–Crippen LogP) is 2.23. The van der Waals surface area contributed by atoms with E-state index in [0.29, 0.717) is 31.5 Å². The Hall–Kier alpha value is -2.63. The lowest BCUT2D eigenvalue weighted by atomic mass is 10.0. The third-order valence-electron chi connectivity index (χ3n) is 4.04. The molecule has 114 valence electrons. The van der Waals surface area contributed by atoms with E-state index < -0.39 is 6.09 Å². The molecule has 0 atom stereocenters. The van der Waals surface area contributed by atoms with Crippen LogP contribution < -0.4 is 5.56 Å². The summed E-state index contributed by atoms with van der Waals surface area (Å²) >= 11 is 0. The van der Waals surface area contributed by atoms with Crippen molar-refractivity contribution in [1.82, 2.24) is 14.7 Å². The van der Waals surface area contributed by atoms with Crippen LogP contribution in [0, 0.1) is 0 Å². The Bertz CT molecular complexity index is 719. The normalized spacial score (nSPS) is 15.7. The van der Waals surface area contributed by atoms with Crippen LogP contribution in [0.25, 0.3) is 11.1 Å². The molecule has 1 fully saturated rings. The van der Waals surface area contributed by atoms with Crippen LogP contribution in [0.1, 0.15) is 18.9 Å². The molecule has 1 amide bonds. The smallest absolute Gasteiger partial charge is 0.407 e. The van der Waals surface area contributed by atoms with Gasteiger partial charge in [-0.3, -0.25) is 4.79 Å². The fraction of sp³-hybridized carbons (Fsp3) is 0.312. The molecule has 1 saturated heterocycles. The molecule has 2 heterocycles. The Morgan fingerprint density at radius 2 is 1.82 bits per heavy atom. The van der Waals surface area contributed by atoms with Crippen molar-refractivity contribution >= 4 is 6.09 Å². The minimum absolute atomic E-state index is 0.0493. The van der Waals surface area contributed by atoms with Gasteiger partial charge in [-0.15, -0.1) is 0 Å². The highest BCUT2D eigenvalue weighted by atomic mass is 16.4. The molecular formula is C16H17N3O3. The largest absolute Gasteiger partial charge is 0.465 e. The molecule has 1 N–H and O–H groups in total. The van der Waals surface area contributed by atoms with E-state index in [0.717, 1.165) is 5.56 Å². The van der Waals surface area contributed by atoms with Gasteiger partial charge in [0, 0.05) is 19.3 Å². The Kier molecular flexibility index (Phi) is 3.91. The van der Waals surface area contributed by atoms with Gasteiger partial charge in [-0.25, -0.2) is 9.48 Å². The highest BCUT2D eigenvalue weighted by molar-refractivity contribution is 5.65. The Labute approximate surface area is 127 Å². The van der Waals surface area contributed by atoms with E-state index in [1.165, 1.54) is 9.58 Å². The molecule has 6 nitrogen and oxygen atoms in total. The molecule has 0 aliphatic carbocycles. The van der Waals surface area contributed by atoms with E-state index in [2.05, 4.69) is 5.10 Å². The van der Waals surface area contributed by atoms with Gasteiger partial charge >= 0.3 is 6.09 Å². The number of hydrogen-bond donors (Lipinski definition) is 1. The number of amides is 1. The van der Waals surface area contributed by atoms with Gasteiger partial charge in [-0.2, -0.15) is 5.10 Å². The summed E-state index contributed by atoms with van der Waals surface area (Å²) < 4.78 is 1.50. The molecule has 0 saturated carbocycles. The Balaban J connectivity index is 1.87. The molecule has 1 aromatic carbocycles. The zero-order chi connectivity index (χ0) is 15.5. The van der Waals surface area contributed by atoms with E-state index in [9.17, 15) is 9.59 Å². The summed E-state index contributed by atoms with van der Waals surface area (Å²) in [5, 5.41) is 13.2. The summed E-state index contributed by atoms with van der Waals surface area (Å²) in [5.41, 5.74) is 1.37. The first-order valence-electron chi connectivity index (χ1n) is 7.28. The Morgan fingerprint density at radius 3 is 2.45 bits per heavy atom. The average molecular weight is 299 g/mol. The van der Waals surface area contributed by atoms with Gasteiger partial charge < -0.3 is 10.0 Å². The molecule has 0 bridgehead atoms. The van der Waals surface area contributed by atoms with E-state index in [1.807, 2.05) is 30.3 Å². The van der Waals surface area contributed by atoms with Crippen LogP contribution in [-0.4, -0.2) is 39.0 Å². The van der Waals surface area contributed by atoms with Crippen molar-refractivity contribution in [2.24, 2.45) is 0 Å². The second kappa shape index (κ2) is 6.01. The minimum atomic E-state index is -0.906. The van der Waals surface area contributed by atoms with E-state index in [1.54, 1.807) is 12.3 Å². The van der Waals surface area contributed by atoms with Crippen molar-refractivity contribution < 1.29 is 9.90 Å². The molecule has 1 aliphatic heterocycles. The van der Waals surface area contributed by atoms with Crippen LogP contribution in [0.4, 0.5) is 4.79 Å². The molecule has 3 rings (SSSR count). The topological polar surface area (TPSA) is 75.4 Å². The van der Waals surface area contributed by atoms with Crippen molar-refractivity contribution in [1.29, 1.82) is 0 Å². The van der Waals surface area contributed by atoms with Crippen LogP contribution in [0.2, 0.25) is 0 Å². The van der Waals surface area contributed by atoms with Gasteiger partial charge in [0.1, 0.15) is 0 Å². The number of carbonyl (C=O) groups is 1. The zero-order valence-corrected chi connectivity index (χ0v) is 12.1. The second-order valence-electron chi connectivity index (χ2n) is 5.36. The standard InChI is InChI=1S/C16H17N3O3/c20-15-14(12-4-2-1-3-5-12)6-9-17-19(15)13-7-10-18(11-8-13)16(21)22/h1-6,9,13H,7-8,10-11H2,(H,21,22). The minimum Gasteiger partial charge on any atom is -0.465 e. The van der Waals surface area contributed by atoms with Crippen molar-refractivity contribution in [2.75, 3.05) is 13.1 Å². The SMILES string of the molecule is O=C(O)N1CCC(n2nccc(-c3ccccc3)c2=O)CC1. The number of aromatic nitrogens is 2. The number of rotatable bonds is 2. The van der Waals surface area contributed by atoms with Gasteiger partial charge in [0.15, 0.2) is 0 Å². The Morgan fingerprint density at radius 1 is 1.14 bits per heavy atom. The first kappa shape index (κ1) is 14.3. The molecule has 0 unspecified atom stereocenters. The maximum atomic E-state index is 12.7. The number of benzene rings is 1. The van der Waals surface area contributed by atoms with E-state index in [-0.39, 0.29) is 11.6 Å². The predicted molar refractivity (Wildman–Crippen MR) is 81.8 cm³/mol. The van der Waals surface area contributed by atoms with Crippen LogP contribution in [0.15, 0.2) is 47.4 Å². The lowest BCUT2D eigenvalue weighted by molar-refractivity contribution is 0.123. The number of piperidine rings is 1. The molecule has 2 aromatic rings. The maximum absolute atomic E-state index is 12.7. The monoisotopic (exact) mass is 299 g/mol. The summed E-state index contributed by atoms with van der Waals surface area (Å²) in [7, 11) is 0. The first-order chi connectivity index (χ1) is 10.7. The van der Waals surface area contributed by atoms with Crippen molar-refractivity contribution in [3.05, 3.63) is 52.9 Å². The third-order valence-corrected chi connectivity index (χ3v) is 4.04. The lowest BCUT2D eigenvalue weighted by Crippen LogP contribution is -2.40. The van der Waals surface area contributed by atoms with E-state index >= 15 is 0 Å². The van der Waals surface area contributed by atoms with Gasteiger partial charge in [-0.1, -0.05) is 30.3 Å². The first-order valence-corrected chi connectivity index (χ1v) is 7.28. The summed E-state index contributed by atoms with van der Waals surface area (Å²) in [6.07, 6.45) is 1.94. The van der Waals surface area contributed by atoms with Gasteiger partial charge in [0.25, 0.3) is 5.56 Å². The molecule has 22 heavy (non-hydrogen) atoms. The maximum Gasteiger partial charge on any atom is 0.407 e. The number of hydrogen-bond acceptors (Lipinski definition) is 3. The van der Waals surface area contributed by atoms with Gasteiger partial charge in [0.05, 0.1) is 11.6 Å². The zero-order valence-electron chi connectivity index (χ0n) is 12.1. The van der Waals surface area contributed by atoms with E-state index in [4.69, 9.17) is 5.11 Å². The highest BCUT2D eigenvalue weighted by Crippen LogP contribution is 2.21. The summed E-state index contributed by atoms with van der Waals surface area (Å²) in [6, 6.07) is 11.2. The fourth-order valence-corrected chi connectivity index (χ4v) is 2.83. The van der Waals surface area contributed by atoms with Crippen molar-refractivity contribution in [3.63, 3.8) is 0 Å². The van der Waals surface area contributed by atoms with Crippen molar-refractivity contribution in [3.8, 4) is 11.1 Å². The molecule has 6 heteroatoms. The lowest BCUT2D eigenvalue weighted by Gasteiger charge is -2.30. The summed E-state index contributed by atoms with van der Waals surface area (Å²) in [6.45, 7) is 0.868. The highest BCUT2D eigenvalue weighted by Gasteiger charge is 2.25. The third kappa shape index (κ3) is 2.72. The molecular weight excluding hydrogens is 282 g/mol. The van der Waals surface area contributed by atoms with Crippen LogP contribution in [0.3, 0.4) is 0 Å². The van der Waals surface area contributed by atoms with Crippen LogP contribution >= 0.6 is 0 Å². The van der Waals surface area contributed by atoms with Gasteiger partial charge in [0.2, 0.25) is 0 Å².